The number of rotatable bonds is 11. The molecule has 1 atom stereocenters. The van der Waals surface area contributed by atoms with Crippen LogP contribution >= 0.6 is 0 Å². The van der Waals surface area contributed by atoms with E-state index in [0.29, 0.717) is 12.3 Å². The smallest absolute Gasteiger partial charge is 0.123 e. The number of ether oxygens (including phenoxy) is 2. The zero-order chi connectivity index (χ0) is 14.9. The third-order valence-electron chi connectivity index (χ3n) is 3.33. The first-order valence-corrected chi connectivity index (χ1v) is 7.59. The topological polar surface area (TPSA) is 50.7 Å². The van der Waals surface area contributed by atoms with Crippen molar-refractivity contribution in [2.75, 3.05) is 32.9 Å². The third kappa shape index (κ3) is 7.41. The molecule has 0 radical (unpaired) electrons. The van der Waals surface area contributed by atoms with E-state index in [-0.39, 0.29) is 12.4 Å². The van der Waals surface area contributed by atoms with E-state index in [2.05, 4.69) is 5.32 Å². The molecule has 1 aliphatic rings. The summed E-state index contributed by atoms with van der Waals surface area (Å²) in [7, 11) is 0. The van der Waals surface area contributed by atoms with Crippen LogP contribution in [0.1, 0.15) is 19.3 Å². The zero-order valence-electron chi connectivity index (χ0n) is 12.3. The molecule has 0 heterocycles. The van der Waals surface area contributed by atoms with Crippen molar-refractivity contribution >= 4 is 0 Å². The second-order valence-electron chi connectivity index (χ2n) is 5.49. The molecule has 118 valence electrons. The van der Waals surface area contributed by atoms with Crippen molar-refractivity contribution in [2.45, 2.75) is 25.4 Å². The molecule has 0 amide bonds. The first-order valence-electron chi connectivity index (χ1n) is 7.59. The average Bonchev–Trinajstić information content (AvgIpc) is 3.30. The maximum atomic E-state index is 12.7. The van der Waals surface area contributed by atoms with Gasteiger partial charge < -0.3 is 19.9 Å². The summed E-state index contributed by atoms with van der Waals surface area (Å²) >= 11 is 0. The molecule has 1 aliphatic carbocycles. The number of nitrogens with one attached hydrogen (secondary N) is 1. The molecule has 0 aliphatic heterocycles. The zero-order valence-corrected chi connectivity index (χ0v) is 12.3. The molecule has 0 saturated heterocycles. The van der Waals surface area contributed by atoms with Crippen LogP contribution in [-0.4, -0.2) is 44.1 Å². The molecule has 1 unspecified atom stereocenters. The van der Waals surface area contributed by atoms with Crippen LogP contribution in [0.3, 0.4) is 0 Å². The number of hydrogen-bond acceptors (Lipinski definition) is 4. The second-order valence-corrected chi connectivity index (χ2v) is 5.49. The predicted octanol–water partition coefficient (Wildman–Crippen LogP) is 1.97. The summed E-state index contributed by atoms with van der Waals surface area (Å²) in [6.45, 7) is 3.15. The maximum Gasteiger partial charge on any atom is 0.123 e. The Morgan fingerprint density at radius 1 is 1.29 bits per heavy atom. The summed E-state index contributed by atoms with van der Waals surface area (Å²) in [4.78, 5) is 0. The van der Waals surface area contributed by atoms with Crippen LogP contribution in [0.5, 0.6) is 5.75 Å². The van der Waals surface area contributed by atoms with Gasteiger partial charge in [0.25, 0.3) is 0 Å². The minimum absolute atomic E-state index is 0.191. The first-order chi connectivity index (χ1) is 10.2. The molecule has 2 rings (SSSR count). The summed E-state index contributed by atoms with van der Waals surface area (Å²) in [5.41, 5.74) is 0. The number of benzene rings is 1. The van der Waals surface area contributed by atoms with Gasteiger partial charge in [0, 0.05) is 19.8 Å². The first kappa shape index (κ1) is 16.2. The number of aliphatic hydroxyl groups is 1. The highest BCUT2D eigenvalue weighted by Crippen LogP contribution is 2.28. The highest BCUT2D eigenvalue weighted by molar-refractivity contribution is 5.22. The van der Waals surface area contributed by atoms with Gasteiger partial charge in [-0.2, -0.15) is 0 Å². The summed E-state index contributed by atoms with van der Waals surface area (Å²) in [5, 5.41) is 12.9. The standard InChI is InChI=1S/C16H24FNO3/c17-14-4-6-16(7-5-14)21-12-15(19)10-18-8-1-9-20-11-13-2-3-13/h4-7,13,15,18-19H,1-3,8-12H2. The van der Waals surface area contributed by atoms with Gasteiger partial charge in [0.2, 0.25) is 0 Å². The number of hydrogen-bond donors (Lipinski definition) is 2. The van der Waals surface area contributed by atoms with Crippen molar-refractivity contribution in [3.05, 3.63) is 30.1 Å². The quantitative estimate of drug-likeness (QED) is 0.613. The summed E-state index contributed by atoms with van der Waals surface area (Å²) < 4.78 is 23.6. The van der Waals surface area contributed by atoms with E-state index in [4.69, 9.17) is 9.47 Å². The SMILES string of the molecule is OC(CNCCCOCC1CC1)COc1ccc(F)cc1. The molecule has 1 aromatic carbocycles. The fourth-order valence-electron chi connectivity index (χ4n) is 1.88. The van der Waals surface area contributed by atoms with Crippen LogP contribution < -0.4 is 10.1 Å². The molecule has 1 aromatic rings. The highest BCUT2D eigenvalue weighted by atomic mass is 19.1. The lowest BCUT2D eigenvalue weighted by atomic mass is 10.3. The molecule has 2 N–H and O–H groups in total. The molecule has 4 nitrogen and oxygen atoms in total. The summed E-state index contributed by atoms with van der Waals surface area (Å²) in [6.07, 6.45) is 3.00. The van der Waals surface area contributed by atoms with E-state index in [1.807, 2.05) is 0 Å². The van der Waals surface area contributed by atoms with Gasteiger partial charge in [-0.3, -0.25) is 0 Å². The minimum Gasteiger partial charge on any atom is -0.491 e. The monoisotopic (exact) mass is 297 g/mol. The number of aliphatic hydroxyl groups excluding tert-OH is 1. The Labute approximate surface area is 125 Å². The Morgan fingerprint density at radius 2 is 2.05 bits per heavy atom. The van der Waals surface area contributed by atoms with E-state index in [9.17, 15) is 9.50 Å². The van der Waals surface area contributed by atoms with E-state index in [1.165, 1.54) is 25.0 Å². The van der Waals surface area contributed by atoms with Gasteiger partial charge in [0.1, 0.15) is 24.3 Å². The average molecular weight is 297 g/mol. The maximum absolute atomic E-state index is 12.7. The molecule has 21 heavy (non-hydrogen) atoms. The Balaban J connectivity index is 1.43. The van der Waals surface area contributed by atoms with Gasteiger partial charge in [-0.15, -0.1) is 0 Å². The molecule has 0 spiro atoms. The van der Waals surface area contributed by atoms with Gasteiger partial charge in [0.05, 0.1) is 0 Å². The molecule has 1 fully saturated rings. The van der Waals surface area contributed by atoms with Crippen molar-refractivity contribution in [1.82, 2.24) is 5.32 Å². The van der Waals surface area contributed by atoms with Crippen LogP contribution in [0.2, 0.25) is 0 Å². The van der Waals surface area contributed by atoms with Crippen molar-refractivity contribution in [3.8, 4) is 5.75 Å². The van der Waals surface area contributed by atoms with E-state index < -0.39 is 6.10 Å². The molecule has 0 bridgehead atoms. The molecule has 5 heteroatoms. The Morgan fingerprint density at radius 3 is 2.76 bits per heavy atom. The Bertz CT molecular complexity index is 395. The summed E-state index contributed by atoms with van der Waals surface area (Å²) in [6, 6.07) is 5.77. The Hall–Kier alpha value is -1.17. The number of halogens is 1. The fourth-order valence-corrected chi connectivity index (χ4v) is 1.88. The van der Waals surface area contributed by atoms with Crippen molar-refractivity contribution in [2.24, 2.45) is 5.92 Å². The summed E-state index contributed by atoms with van der Waals surface area (Å²) in [5.74, 6) is 1.07. The van der Waals surface area contributed by atoms with Crippen molar-refractivity contribution < 1.29 is 19.0 Å². The fraction of sp³-hybridized carbons (Fsp3) is 0.625. The van der Waals surface area contributed by atoms with Gasteiger partial charge in [0.15, 0.2) is 0 Å². The van der Waals surface area contributed by atoms with E-state index >= 15 is 0 Å². The van der Waals surface area contributed by atoms with Gasteiger partial charge in [-0.05, 0) is 56.0 Å². The lowest BCUT2D eigenvalue weighted by Crippen LogP contribution is -2.32. The van der Waals surface area contributed by atoms with E-state index in [1.54, 1.807) is 12.1 Å². The van der Waals surface area contributed by atoms with E-state index in [0.717, 1.165) is 32.1 Å². The molecule has 1 saturated carbocycles. The predicted molar refractivity (Wildman–Crippen MR) is 78.9 cm³/mol. The lowest BCUT2D eigenvalue weighted by Gasteiger charge is -2.13. The second kappa shape index (κ2) is 8.97. The molecular formula is C16H24FNO3. The minimum atomic E-state index is -0.581. The normalized spacial score (nSPS) is 15.9. The lowest BCUT2D eigenvalue weighted by molar-refractivity contribution is 0.102. The van der Waals surface area contributed by atoms with Crippen LogP contribution in [0.25, 0.3) is 0 Å². The molecule has 0 aromatic heterocycles. The van der Waals surface area contributed by atoms with Gasteiger partial charge in [-0.25, -0.2) is 4.39 Å². The van der Waals surface area contributed by atoms with Crippen molar-refractivity contribution in [3.63, 3.8) is 0 Å². The van der Waals surface area contributed by atoms with Crippen molar-refractivity contribution in [1.29, 1.82) is 0 Å². The van der Waals surface area contributed by atoms with Gasteiger partial charge in [-0.1, -0.05) is 0 Å². The Kier molecular flexibility index (Phi) is 6.92. The largest absolute Gasteiger partial charge is 0.491 e. The van der Waals surface area contributed by atoms with Crippen LogP contribution in [-0.2, 0) is 4.74 Å². The van der Waals surface area contributed by atoms with Crippen LogP contribution in [0.4, 0.5) is 4.39 Å². The van der Waals surface area contributed by atoms with Crippen LogP contribution in [0, 0.1) is 11.7 Å². The van der Waals surface area contributed by atoms with Crippen LogP contribution in [0.15, 0.2) is 24.3 Å². The third-order valence-corrected chi connectivity index (χ3v) is 3.33. The highest BCUT2D eigenvalue weighted by Gasteiger charge is 2.20. The molecular weight excluding hydrogens is 273 g/mol. The van der Waals surface area contributed by atoms with Gasteiger partial charge >= 0.3 is 0 Å².